The zero-order chi connectivity index (χ0) is 19.7. The van der Waals surface area contributed by atoms with E-state index < -0.39 is 0 Å². The number of carbonyl (C=O) groups excluding carboxylic acids is 2. The Morgan fingerprint density at radius 2 is 1.96 bits per heavy atom. The largest absolute Gasteiger partial charge is 0.360 e. The first kappa shape index (κ1) is 19.0. The van der Waals surface area contributed by atoms with Gasteiger partial charge in [0, 0.05) is 50.2 Å². The number of nitrogens with zero attached hydrogens (tertiary/aromatic N) is 4. The Balaban J connectivity index is 1.45. The first-order valence-corrected chi connectivity index (χ1v) is 9.93. The molecule has 0 saturated carbocycles. The lowest BCUT2D eigenvalue weighted by atomic mass is 10.1. The summed E-state index contributed by atoms with van der Waals surface area (Å²) in [5.41, 5.74) is 2.04. The highest BCUT2D eigenvalue weighted by Gasteiger charge is 2.29. The predicted octanol–water partition coefficient (Wildman–Crippen LogP) is 2.72. The summed E-state index contributed by atoms with van der Waals surface area (Å²) in [4.78, 5) is 31.1. The van der Waals surface area contributed by atoms with Crippen molar-refractivity contribution in [1.82, 2.24) is 15.0 Å². The molecule has 0 spiro atoms. The fourth-order valence-corrected chi connectivity index (χ4v) is 3.97. The third-order valence-electron chi connectivity index (χ3n) is 5.27. The maximum atomic E-state index is 13.2. The summed E-state index contributed by atoms with van der Waals surface area (Å²) in [6, 6.07) is 7.10. The van der Waals surface area contributed by atoms with Crippen LogP contribution in [0.3, 0.4) is 0 Å². The van der Waals surface area contributed by atoms with Crippen molar-refractivity contribution in [3.63, 3.8) is 0 Å². The molecule has 0 bridgehead atoms. The van der Waals surface area contributed by atoms with Gasteiger partial charge in [-0.25, -0.2) is 0 Å². The zero-order valence-corrected chi connectivity index (χ0v) is 16.6. The SMILES string of the molecule is Cc1cc(CN2CCN(C(=O)c3ccc(Cl)cc3N3CCCC3=O)CC2)on1. The normalized spacial score (nSPS) is 18.1. The topological polar surface area (TPSA) is 69.9 Å². The van der Waals surface area contributed by atoms with Gasteiger partial charge >= 0.3 is 0 Å². The van der Waals surface area contributed by atoms with Crippen LogP contribution in [0.4, 0.5) is 5.69 Å². The molecular formula is C20H23ClN4O3. The number of benzene rings is 1. The average molecular weight is 403 g/mol. The molecule has 2 aliphatic heterocycles. The first-order chi connectivity index (χ1) is 13.5. The van der Waals surface area contributed by atoms with E-state index >= 15 is 0 Å². The lowest BCUT2D eigenvalue weighted by Gasteiger charge is -2.34. The summed E-state index contributed by atoms with van der Waals surface area (Å²) in [5, 5.41) is 4.44. The third-order valence-corrected chi connectivity index (χ3v) is 5.51. The number of halogens is 1. The molecule has 8 heteroatoms. The molecule has 0 radical (unpaired) electrons. The van der Waals surface area contributed by atoms with Gasteiger partial charge in [-0.3, -0.25) is 14.5 Å². The van der Waals surface area contributed by atoms with Crippen molar-refractivity contribution in [2.24, 2.45) is 0 Å². The van der Waals surface area contributed by atoms with Crippen LogP contribution < -0.4 is 4.90 Å². The Kier molecular flexibility index (Phi) is 5.37. The third kappa shape index (κ3) is 3.91. The highest BCUT2D eigenvalue weighted by molar-refractivity contribution is 6.31. The minimum absolute atomic E-state index is 0.0449. The molecule has 2 fully saturated rings. The van der Waals surface area contributed by atoms with Crippen molar-refractivity contribution in [3.05, 3.63) is 46.3 Å². The smallest absolute Gasteiger partial charge is 0.256 e. The van der Waals surface area contributed by atoms with E-state index in [0.717, 1.165) is 31.0 Å². The average Bonchev–Trinajstić information content (AvgIpc) is 3.29. The highest BCUT2D eigenvalue weighted by Crippen LogP contribution is 2.30. The van der Waals surface area contributed by atoms with E-state index in [-0.39, 0.29) is 11.8 Å². The van der Waals surface area contributed by atoms with E-state index in [2.05, 4.69) is 10.1 Å². The summed E-state index contributed by atoms with van der Waals surface area (Å²) in [5.74, 6) is 0.829. The lowest BCUT2D eigenvalue weighted by Crippen LogP contribution is -2.48. The predicted molar refractivity (Wildman–Crippen MR) is 105 cm³/mol. The van der Waals surface area contributed by atoms with E-state index in [1.165, 1.54) is 0 Å². The lowest BCUT2D eigenvalue weighted by molar-refractivity contribution is -0.117. The second kappa shape index (κ2) is 7.93. The summed E-state index contributed by atoms with van der Waals surface area (Å²) in [6.45, 7) is 6.00. The van der Waals surface area contributed by atoms with Crippen LogP contribution in [0, 0.1) is 6.92 Å². The molecule has 2 aromatic rings. The molecule has 0 unspecified atom stereocenters. The van der Waals surface area contributed by atoms with Gasteiger partial charge in [-0.05, 0) is 31.5 Å². The van der Waals surface area contributed by atoms with Crippen molar-refractivity contribution in [1.29, 1.82) is 0 Å². The second-order valence-corrected chi connectivity index (χ2v) is 7.75. The second-order valence-electron chi connectivity index (χ2n) is 7.31. The van der Waals surface area contributed by atoms with E-state index in [1.807, 2.05) is 17.9 Å². The molecule has 2 aliphatic rings. The standard InChI is InChI=1S/C20H23ClN4O3/c1-14-11-16(28-22-14)13-23-7-9-24(10-8-23)20(27)17-5-4-15(21)12-18(17)25-6-2-3-19(25)26/h4-5,11-12H,2-3,6-10,13H2,1H3. The number of hydrogen-bond donors (Lipinski definition) is 0. The van der Waals surface area contributed by atoms with Gasteiger partial charge < -0.3 is 14.3 Å². The fourth-order valence-electron chi connectivity index (χ4n) is 3.80. The fraction of sp³-hybridized carbons (Fsp3) is 0.450. The Bertz CT molecular complexity index is 889. The maximum absolute atomic E-state index is 13.2. The van der Waals surface area contributed by atoms with Crippen molar-refractivity contribution >= 4 is 29.1 Å². The van der Waals surface area contributed by atoms with E-state index in [4.69, 9.17) is 16.1 Å². The van der Waals surface area contributed by atoms with Crippen LogP contribution in [0.5, 0.6) is 0 Å². The molecule has 28 heavy (non-hydrogen) atoms. The van der Waals surface area contributed by atoms with Crippen LogP contribution in [-0.2, 0) is 11.3 Å². The molecule has 2 saturated heterocycles. The molecule has 148 valence electrons. The molecular weight excluding hydrogens is 380 g/mol. The molecule has 3 heterocycles. The van der Waals surface area contributed by atoms with Crippen LogP contribution in [0.15, 0.2) is 28.8 Å². The van der Waals surface area contributed by atoms with Crippen LogP contribution in [-0.4, -0.2) is 59.5 Å². The van der Waals surface area contributed by atoms with Crippen LogP contribution in [0.2, 0.25) is 5.02 Å². The molecule has 4 rings (SSSR count). The van der Waals surface area contributed by atoms with Crippen molar-refractivity contribution in [2.75, 3.05) is 37.6 Å². The van der Waals surface area contributed by atoms with E-state index in [9.17, 15) is 9.59 Å². The molecule has 0 aliphatic carbocycles. The quantitative estimate of drug-likeness (QED) is 0.786. The molecule has 1 aromatic carbocycles. The van der Waals surface area contributed by atoms with Gasteiger partial charge in [-0.1, -0.05) is 16.8 Å². The maximum Gasteiger partial charge on any atom is 0.256 e. The minimum Gasteiger partial charge on any atom is -0.360 e. The van der Waals surface area contributed by atoms with Gasteiger partial charge in [-0.15, -0.1) is 0 Å². The molecule has 0 N–H and O–H groups in total. The molecule has 7 nitrogen and oxygen atoms in total. The minimum atomic E-state index is -0.0541. The van der Waals surface area contributed by atoms with Gasteiger partial charge in [-0.2, -0.15) is 0 Å². The van der Waals surface area contributed by atoms with Gasteiger partial charge in [0.05, 0.1) is 23.5 Å². The van der Waals surface area contributed by atoms with Gasteiger partial charge in [0.15, 0.2) is 5.76 Å². The number of piperazine rings is 1. The van der Waals surface area contributed by atoms with E-state index in [0.29, 0.717) is 48.9 Å². The number of amides is 2. The van der Waals surface area contributed by atoms with Gasteiger partial charge in [0.25, 0.3) is 5.91 Å². The van der Waals surface area contributed by atoms with Crippen molar-refractivity contribution in [2.45, 2.75) is 26.3 Å². The van der Waals surface area contributed by atoms with Crippen molar-refractivity contribution < 1.29 is 14.1 Å². The Morgan fingerprint density at radius 3 is 2.61 bits per heavy atom. The Labute approximate surface area is 168 Å². The number of hydrogen-bond acceptors (Lipinski definition) is 5. The van der Waals surface area contributed by atoms with E-state index in [1.54, 1.807) is 23.1 Å². The van der Waals surface area contributed by atoms with Gasteiger partial charge in [0.2, 0.25) is 5.91 Å². The number of aryl methyl sites for hydroxylation is 1. The molecule has 2 amide bonds. The monoisotopic (exact) mass is 402 g/mol. The number of anilines is 1. The number of aromatic nitrogens is 1. The molecule has 0 atom stereocenters. The van der Waals surface area contributed by atoms with Crippen LogP contribution in [0.25, 0.3) is 0 Å². The number of carbonyl (C=O) groups is 2. The summed E-state index contributed by atoms with van der Waals surface area (Å²) >= 11 is 6.15. The van der Waals surface area contributed by atoms with Crippen LogP contribution >= 0.6 is 11.6 Å². The highest BCUT2D eigenvalue weighted by atomic mass is 35.5. The summed E-state index contributed by atoms with van der Waals surface area (Å²) in [6.07, 6.45) is 1.32. The Hall–Kier alpha value is -2.38. The van der Waals surface area contributed by atoms with Crippen molar-refractivity contribution in [3.8, 4) is 0 Å². The summed E-state index contributed by atoms with van der Waals surface area (Å²) in [7, 11) is 0. The zero-order valence-electron chi connectivity index (χ0n) is 15.9. The first-order valence-electron chi connectivity index (χ1n) is 9.55. The molecule has 1 aromatic heterocycles. The summed E-state index contributed by atoms with van der Waals surface area (Å²) < 4.78 is 5.28. The number of rotatable bonds is 4. The van der Waals surface area contributed by atoms with Gasteiger partial charge in [0.1, 0.15) is 0 Å². The van der Waals surface area contributed by atoms with Crippen LogP contribution in [0.1, 0.15) is 34.7 Å². The Morgan fingerprint density at radius 1 is 1.18 bits per heavy atom.